The maximum Gasteiger partial charge on any atom is 0.205 e. The minimum Gasteiger partial charge on any atom is -0.488 e. The molecule has 0 saturated heterocycles. The van der Waals surface area contributed by atoms with Crippen LogP contribution in [0, 0.1) is 46.5 Å². The van der Waals surface area contributed by atoms with E-state index in [1.165, 1.54) is 32.9 Å². The molecule has 0 amide bonds. The third-order valence-electron chi connectivity index (χ3n) is 6.39. The van der Waals surface area contributed by atoms with Crippen LogP contribution in [0.2, 0.25) is 0 Å². The summed E-state index contributed by atoms with van der Waals surface area (Å²) in [6, 6.07) is 13.1. The number of benzene rings is 4. The lowest BCUT2D eigenvalue weighted by Gasteiger charge is -2.23. The summed E-state index contributed by atoms with van der Waals surface area (Å²) in [6.07, 6.45) is 0.467. The van der Waals surface area contributed by atoms with Crippen molar-refractivity contribution >= 4 is 0 Å². The average molecular weight is 609 g/mol. The molecule has 0 fully saturated rings. The van der Waals surface area contributed by atoms with Crippen LogP contribution in [0.15, 0.2) is 48.5 Å². The van der Waals surface area contributed by atoms with Crippen molar-refractivity contribution in [2.24, 2.45) is 0 Å². The van der Waals surface area contributed by atoms with Crippen LogP contribution >= 0.6 is 0 Å². The lowest BCUT2D eigenvalue weighted by molar-refractivity contribution is 0.131. The van der Waals surface area contributed by atoms with Gasteiger partial charge in [-0.1, -0.05) is 45.0 Å². The molecular formula is C33H28F8O2. The molecule has 0 saturated carbocycles. The van der Waals surface area contributed by atoms with Crippen LogP contribution in [-0.2, 0) is 11.8 Å². The Balaban J connectivity index is 1.63. The first-order valence-electron chi connectivity index (χ1n) is 13.2. The topological polar surface area (TPSA) is 18.5 Å². The molecule has 0 unspecified atom stereocenters. The summed E-state index contributed by atoms with van der Waals surface area (Å²) < 4.78 is 130. The number of rotatable bonds is 6. The number of hydrogen-bond donors (Lipinski definition) is 0. The summed E-state index contributed by atoms with van der Waals surface area (Å²) in [7, 11) is 0. The monoisotopic (exact) mass is 608 g/mol. The van der Waals surface area contributed by atoms with Gasteiger partial charge in [0, 0.05) is 5.56 Å². The second-order valence-electron chi connectivity index (χ2n) is 12.0. The molecule has 0 radical (unpaired) electrons. The minimum atomic E-state index is -2.30. The molecule has 0 aliphatic rings. The second-order valence-corrected chi connectivity index (χ2v) is 12.0. The summed E-state index contributed by atoms with van der Waals surface area (Å²) in [5.41, 5.74) is -5.05. The number of hydrogen-bond acceptors (Lipinski definition) is 2. The van der Waals surface area contributed by atoms with Gasteiger partial charge < -0.3 is 9.47 Å². The molecule has 4 rings (SSSR count). The molecular weight excluding hydrogens is 580 g/mol. The van der Waals surface area contributed by atoms with E-state index < -0.39 is 74.4 Å². The van der Waals surface area contributed by atoms with E-state index in [0.29, 0.717) is 12.2 Å². The first kappa shape index (κ1) is 31.8. The standard InChI is InChI=1S/C33H28F8O2/c1-32(2,3)22-27(38)23(34)20(24(35)28(22)39)21-25(36)29(40)31(30(41)26(21)37)42-18-11-7-16(8-12-18)15-17-9-13-19(14-10-17)43-33(4,5)6/h7-14H,15H2,1-6H3. The van der Waals surface area contributed by atoms with Crippen LogP contribution in [0.4, 0.5) is 35.1 Å². The van der Waals surface area contributed by atoms with Crippen LogP contribution in [-0.4, -0.2) is 5.60 Å². The fourth-order valence-corrected chi connectivity index (χ4v) is 4.49. The van der Waals surface area contributed by atoms with Crippen molar-refractivity contribution in [3.05, 3.63) is 112 Å². The largest absolute Gasteiger partial charge is 0.488 e. The van der Waals surface area contributed by atoms with Crippen molar-refractivity contribution in [3.63, 3.8) is 0 Å². The molecule has 0 spiro atoms. The summed E-state index contributed by atoms with van der Waals surface area (Å²) in [6.45, 7) is 9.50. The Morgan fingerprint density at radius 2 is 0.860 bits per heavy atom. The number of halogens is 8. The van der Waals surface area contributed by atoms with E-state index in [1.807, 2.05) is 45.0 Å². The third-order valence-corrected chi connectivity index (χ3v) is 6.39. The van der Waals surface area contributed by atoms with Crippen LogP contribution in [0.3, 0.4) is 0 Å². The van der Waals surface area contributed by atoms with Gasteiger partial charge in [-0.25, -0.2) is 26.3 Å². The Bertz CT molecular complexity index is 1610. The molecule has 4 aromatic rings. The van der Waals surface area contributed by atoms with Crippen LogP contribution in [0.5, 0.6) is 17.2 Å². The molecule has 0 aliphatic heterocycles. The highest BCUT2D eigenvalue weighted by atomic mass is 19.2. The van der Waals surface area contributed by atoms with Crippen molar-refractivity contribution in [1.29, 1.82) is 0 Å². The normalized spacial score (nSPS) is 12.0. The van der Waals surface area contributed by atoms with E-state index in [2.05, 4.69) is 0 Å². The summed E-state index contributed by atoms with van der Waals surface area (Å²) in [5, 5.41) is 0. The molecule has 228 valence electrons. The van der Waals surface area contributed by atoms with Crippen molar-refractivity contribution in [2.45, 2.75) is 59.0 Å². The van der Waals surface area contributed by atoms with Gasteiger partial charge in [0.2, 0.25) is 17.4 Å². The average Bonchev–Trinajstić information content (AvgIpc) is 2.91. The van der Waals surface area contributed by atoms with Crippen LogP contribution < -0.4 is 9.47 Å². The number of ether oxygens (including phenoxy) is 2. The Hall–Kier alpha value is -4.08. The second kappa shape index (κ2) is 11.5. The Morgan fingerprint density at radius 3 is 1.23 bits per heavy atom. The van der Waals surface area contributed by atoms with Gasteiger partial charge in [0.05, 0.1) is 11.1 Å². The van der Waals surface area contributed by atoms with Gasteiger partial charge in [0.15, 0.2) is 34.9 Å². The van der Waals surface area contributed by atoms with Gasteiger partial charge >= 0.3 is 0 Å². The fourth-order valence-electron chi connectivity index (χ4n) is 4.49. The maximum absolute atomic E-state index is 15.0. The van der Waals surface area contributed by atoms with Gasteiger partial charge in [-0.3, -0.25) is 0 Å². The molecule has 4 aromatic carbocycles. The van der Waals surface area contributed by atoms with Crippen molar-refractivity contribution < 1.29 is 44.6 Å². The van der Waals surface area contributed by atoms with E-state index in [4.69, 9.17) is 9.47 Å². The lowest BCUT2D eigenvalue weighted by atomic mass is 9.84. The summed E-state index contributed by atoms with van der Waals surface area (Å²) in [4.78, 5) is 0. The molecule has 2 nitrogen and oxygen atoms in total. The first-order valence-corrected chi connectivity index (χ1v) is 13.2. The van der Waals surface area contributed by atoms with E-state index >= 15 is 8.78 Å². The molecule has 0 heterocycles. The highest BCUT2D eigenvalue weighted by molar-refractivity contribution is 5.69. The molecule has 43 heavy (non-hydrogen) atoms. The van der Waals surface area contributed by atoms with E-state index in [9.17, 15) is 26.3 Å². The molecule has 0 bridgehead atoms. The Labute approximate surface area is 243 Å². The van der Waals surface area contributed by atoms with Crippen molar-refractivity contribution in [2.75, 3.05) is 0 Å². The predicted molar refractivity (Wildman–Crippen MR) is 146 cm³/mol. The molecule has 0 atom stereocenters. The SMILES string of the molecule is CC(C)(C)Oc1ccc(Cc2ccc(Oc3c(F)c(F)c(-c4c(F)c(F)c(C(C)(C)C)c(F)c4F)c(F)c3F)cc2)cc1. The highest BCUT2D eigenvalue weighted by Gasteiger charge is 2.37. The maximum atomic E-state index is 15.0. The van der Waals surface area contributed by atoms with E-state index in [-0.39, 0.29) is 11.4 Å². The quantitative estimate of drug-likeness (QED) is 0.160. The smallest absolute Gasteiger partial charge is 0.205 e. The van der Waals surface area contributed by atoms with Gasteiger partial charge in [-0.05, 0) is 68.0 Å². The Kier molecular flexibility index (Phi) is 8.55. The first-order chi connectivity index (χ1) is 19.9. The molecule has 0 aromatic heterocycles. The van der Waals surface area contributed by atoms with Gasteiger partial charge in [0.1, 0.15) is 17.1 Å². The van der Waals surface area contributed by atoms with E-state index in [0.717, 1.165) is 11.1 Å². The zero-order valence-corrected chi connectivity index (χ0v) is 24.2. The fraction of sp³-hybridized carbons (Fsp3) is 0.273. The molecule has 0 N–H and O–H groups in total. The third kappa shape index (κ3) is 6.48. The predicted octanol–water partition coefficient (Wildman–Crippen LogP) is 10.3. The van der Waals surface area contributed by atoms with Gasteiger partial charge in [-0.2, -0.15) is 8.78 Å². The van der Waals surface area contributed by atoms with Crippen LogP contribution in [0.25, 0.3) is 11.1 Å². The lowest BCUT2D eigenvalue weighted by Crippen LogP contribution is -2.22. The highest BCUT2D eigenvalue weighted by Crippen LogP contribution is 2.42. The van der Waals surface area contributed by atoms with E-state index in [1.54, 1.807) is 12.1 Å². The van der Waals surface area contributed by atoms with Gasteiger partial charge in [-0.15, -0.1) is 0 Å². The minimum absolute atomic E-state index is 0.217. The molecule has 10 heteroatoms. The summed E-state index contributed by atoms with van der Waals surface area (Å²) in [5.74, 6) is -18.3. The zero-order valence-electron chi connectivity index (χ0n) is 24.2. The molecule has 0 aliphatic carbocycles. The van der Waals surface area contributed by atoms with Gasteiger partial charge in [0.25, 0.3) is 0 Å². The van der Waals surface area contributed by atoms with Crippen molar-refractivity contribution in [1.82, 2.24) is 0 Å². The Morgan fingerprint density at radius 1 is 0.488 bits per heavy atom. The van der Waals surface area contributed by atoms with Crippen molar-refractivity contribution in [3.8, 4) is 28.4 Å². The zero-order chi connectivity index (χ0) is 32.0. The van der Waals surface area contributed by atoms with Crippen LogP contribution in [0.1, 0.15) is 58.2 Å². The summed E-state index contributed by atoms with van der Waals surface area (Å²) >= 11 is 0.